The number of carboxylic acid groups (broad SMARTS) is 1. The molecule has 220 valence electrons. The molecule has 0 unspecified atom stereocenters. The highest BCUT2D eigenvalue weighted by molar-refractivity contribution is 7.89. The molecule has 4 aromatic carbocycles. The largest absolute Gasteiger partial charge is 0.478 e. The van der Waals surface area contributed by atoms with Gasteiger partial charge in [-0.2, -0.15) is 4.31 Å². The molecule has 0 spiro atoms. The van der Waals surface area contributed by atoms with Crippen molar-refractivity contribution in [3.05, 3.63) is 106 Å². The predicted octanol–water partition coefficient (Wildman–Crippen LogP) is 4.71. The Morgan fingerprint density at radius 3 is 2.29 bits per heavy atom. The lowest BCUT2D eigenvalue weighted by molar-refractivity contribution is -0.384. The van der Waals surface area contributed by atoms with Gasteiger partial charge in [0.1, 0.15) is 0 Å². The van der Waals surface area contributed by atoms with E-state index in [9.17, 15) is 33.5 Å². The van der Waals surface area contributed by atoms with Crippen LogP contribution < -0.4 is 5.32 Å². The number of nitro groups is 1. The molecule has 0 aromatic heterocycles. The fraction of sp³-hybridized carbons (Fsp3) is 0.258. The summed E-state index contributed by atoms with van der Waals surface area (Å²) in [7, 11) is -2.57. The molecular weight excluding hydrogens is 558 g/mol. The molecule has 0 aliphatic carbocycles. The van der Waals surface area contributed by atoms with Gasteiger partial charge >= 0.3 is 5.97 Å². The van der Waals surface area contributed by atoms with Crippen LogP contribution >= 0.6 is 0 Å². The van der Waals surface area contributed by atoms with Crippen molar-refractivity contribution < 1.29 is 28.3 Å². The molecule has 10 nitrogen and oxygen atoms in total. The van der Waals surface area contributed by atoms with E-state index < -0.39 is 27.0 Å². The van der Waals surface area contributed by atoms with E-state index in [2.05, 4.69) is 35.6 Å². The first kappa shape index (κ1) is 30.8. The third-order valence-electron chi connectivity index (χ3n) is 7.02. The monoisotopic (exact) mass is 591 g/mol. The van der Waals surface area contributed by atoms with Crippen molar-refractivity contribution in [3.63, 3.8) is 0 Å². The number of aliphatic hydroxyl groups is 1. The van der Waals surface area contributed by atoms with Crippen molar-refractivity contribution in [2.75, 3.05) is 20.1 Å². The maximum atomic E-state index is 13.2. The first-order valence-corrected chi connectivity index (χ1v) is 14.7. The third kappa shape index (κ3) is 7.37. The summed E-state index contributed by atoms with van der Waals surface area (Å²) in [6.45, 7) is 4.09. The molecule has 0 aliphatic heterocycles. The molecule has 42 heavy (non-hydrogen) atoms. The molecule has 3 N–H and O–H groups in total. The molecule has 1 atom stereocenters. The molecule has 0 amide bonds. The lowest BCUT2D eigenvalue weighted by Gasteiger charge is -2.29. The van der Waals surface area contributed by atoms with Crippen LogP contribution in [-0.2, 0) is 16.4 Å². The van der Waals surface area contributed by atoms with Gasteiger partial charge < -0.3 is 15.5 Å². The Bertz CT molecular complexity index is 1690. The zero-order valence-corrected chi connectivity index (χ0v) is 24.3. The van der Waals surface area contributed by atoms with Crippen LogP contribution in [0.3, 0.4) is 0 Å². The highest BCUT2D eigenvalue weighted by Crippen LogP contribution is 2.28. The molecule has 0 saturated carbocycles. The Hall–Kier alpha value is -4.16. The number of hydrogen-bond donors (Lipinski definition) is 3. The first-order chi connectivity index (χ1) is 19.7. The maximum absolute atomic E-state index is 13.2. The van der Waals surface area contributed by atoms with Gasteiger partial charge in [-0.15, -0.1) is 0 Å². The number of non-ortho nitro benzene ring substituents is 1. The van der Waals surface area contributed by atoms with E-state index in [0.717, 1.165) is 26.7 Å². The first-order valence-electron chi connectivity index (χ1n) is 13.3. The Balaban J connectivity index is 1.39. The van der Waals surface area contributed by atoms with Crippen molar-refractivity contribution in [3.8, 4) is 11.1 Å². The minimum atomic E-state index is -3.96. The van der Waals surface area contributed by atoms with Gasteiger partial charge in [-0.1, -0.05) is 54.6 Å². The van der Waals surface area contributed by atoms with E-state index in [1.54, 1.807) is 0 Å². The number of fused-ring (bicyclic) bond motifs is 1. The second-order valence-electron chi connectivity index (χ2n) is 10.9. The lowest BCUT2D eigenvalue weighted by Crippen LogP contribution is -2.47. The van der Waals surface area contributed by atoms with Gasteiger partial charge in [0.25, 0.3) is 5.69 Å². The number of likely N-dealkylation sites (N-methyl/N-ethyl adjacent to an activating group) is 1. The summed E-state index contributed by atoms with van der Waals surface area (Å²) >= 11 is 0. The number of carboxylic acids is 1. The standard InChI is InChI=1S/C31H33N3O7S/c1-31(2,18-21-8-9-22-6-4-5-7-24(22)14-21)32-19-28(35)20-33(3)42(40,41)29-12-10-23(11-13-29)25-15-26(30(36)37)17-27(16-25)34(38)39/h4-17,28,32,35H,18-20H2,1-3H3,(H,36,37)/t28-/m1/s1. The summed E-state index contributed by atoms with van der Waals surface area (Å²) in [6.07, 6.45) is -0.261. The lowest BCUT2D eigenvalue weighted by atomic mass is 9.93. The van der Waals surface area contributed by atoms with Crippen molar-refractivity contribution >= 4 is 32.5 Å². The van der Waals surface area contributed by atoms with E-state index >= 15 is 0 Å². The highest BCUT2D eigenvalue weighted by atomic mass is 32.2. The van der Waals surface area contributed by atoms with Crippen LogP contribution in [0.15, 0.2) is 89.8 Å². The minimum Gasteiger partial charge on any atom is -0.478 e. The summed E-state index contributed by atoms with van der Waals surface area (Å²) < 4.78 is 27.4. The number of nitrogens with zero attached hydrogens (tertiary/aromatic N) is 2. The average molecular weight is 592 g/mol. The van der Waals surface area contributed by atoms with Gasteiger partial charge in [0, 0.05) is 37.8 Å². The van der Waals surface area contributed by atoms with Crippen molar-refractivity contribution in [1.82, 2.24) is 9.62 Å². The van der Waals surface area contributed by atoms with Gasteiger partial charge in [-0.05, 0) is 65.9 Å². The Kier molecular flexibility index (Phi) is 9.07. The smallest absolute Gasteiger partial charge is 0.335 e. The number of aromatic carboxylic acids is 1. The fourth-order valence-corrected chi connectivity index (χ4v) is 5.99. The van der Waals surface area contributed by atoms with Gasteiger partial charge in [-0.3, -0.25) is 10.1 Å². The second kappa shape index (κ2) is 12.4. The minimum absolute atomic E-state index is 0.0329. The quantitative estimate of drug-likeness (QED) is 0.158. The van der Waals surface area contributed by atoms with Crippen LogP contribution in [0.4, 0.5) is 5.69 Å². The van der Waals surface area contributed by atoms with E-state index in [1.165, 1.54) is 43.4 Å². The number of rotatable bonds is 12. The van der Waals surface area contributed by atoms with Crippen LogP contribution in [0.2, 0.25) is 0 Å². The number of nitrogens with one attached hydrogen (secondary N) is 1. The molecule has 0 radical (unpaired) electrons. The van der Waals surface area contributed by atoms with E-state index in [4.69, 9.17) is 0 Å². The number of carbonyl (C=O) groups is 1. The highest BCUT2D eigenvalue weighted by Gasteiger charge is 2.25. The van der Waals surface area contributed by atoms with Crippen LogP contribution in [0.25, 0.3) is 21.9 Å². The molecule has 0 fully saturated rings. The van der Waals surface area contributed by atoms with E-state index in [-0.39, 0.29) is 40.3 Å². The number of benzene rings is 4. The summed E-state index contributed by atoms with van der Waals surface area (Å²) in [6, 6.07) is 23.5. The molecule has 0 aliphatic rings. The molecule has 11 heteroatoms. The molecule has 0 bridgehead atoms. The second-order valence-corrected chi connectivity index (χ2v) is 13.0. The molecule has 0 heterocycles. The van der Waals surface area contributed by atoms with Crippen molar-refractivity contribution in [2.45, 2.75) is 36.8 Å². The topological polar surface area (TPSA) is 150 Å². The number of hydrogen-bond acceptors (Lipinski definition) is 7. The van der Waals surface area contributed by atoms with Gasteiger partial charge in [-0.25, -0.2) is 13.2 Å². The zero-order chi connectivity index (χ0) is 30.7. The number of sulfonamides is 1. The SMILES string of the molecule is CN(C[C@H](O)CNC(C)(C)Cc1ccc2ccccc2c1)S(=O)(=O)c1ccc(-c2cc(C(=O)O)cc([N+](=O)[O-])c2)cc1. The van der Waals surface area contributed by atoms with Crippen molar-refractivity contribution in [2.24, 2.45) is 0 Å². The van der Waals surface area contributed by atoms with E-state index in [1.807, 2.05) is 26.0 Å². The van der Waals surface area contributed by atoms with E-state index in [0.29, 0.717) is 12.0 Å². The zero-order valence-electron chi connectivity index (χ0n) is 23.5. The maximum Gasteiger partial charge on any atom is 0.335 e. The fourth-order valence-electron chi connectivity index (χ4n) is 4.78. The number of β-amino-alcohol motifs (C(OH)–C–C–N with tert-alkyl or cyclic N) is 1. The Labute approximate surface area is 244 Å². The van der Waals surface area contributed by atoms with Crippen LogP contribution in [0.1, 0.15) is 29.8 Å². The molecule has 4 aromatic rings. The number of aliphatic hydroxyl groups excluding tert-OH is 1. The summed E-state index contributed by atoms with van der Waals surface area (Å²) in [5.41, 5.74) is 0.840. The molecule has 4 rings (SSSR count). The van der Waals surface area contributed by atoms with Crippen molar-refractivity contribution in [1.29, 1.82) is 0 Å². The molecule has 0 saturated heterocycles. The van der Waals surface area contributed by atoms with Crippen LogP contribution in [-0.4, -0.2) is 65.6 Å². The Morgan fingerprint density at radius 1 is 0.976 bits per heavy atom. The number of nitro benzene ring substituents is 1. The molecular formula is C31H33N3O7S. The van der Waals surface area contributed by atoms with Crippen LogP contribution in [0, 0.1) is 10.1 Å². The predicted molar refractivity (Wildman–Crippen MR) is 161 cm³/mol. The van der Waals surface area contributed by atoms with Gasteiger partial charge in [0.05, 0.1) is 21.5 Å². The summed E-state index contributed by atoms with van der Waals surface area (Å²) in [4.78, 5) is 21.9. The summed E-state index contributed by atoms with van der Waals surface area (Å²) in [5, 5.41) is 36.9. The Morgan fingerprint density at radius 2 is 1.64 bits per heavy atom. The third-order valence-corrected chi connectivity index (χ3v) is 8.85. The van der Waals surface area contributed by atoms with Gasteiger partial charge in [0.2, 0.25) is 10.0 Å². The van der Waals surface area contributed by atoms with Crippen LogP contribution in [0.5, 0.6) is 0 Å². The summed E-state index contributed by atoms with van der Waals surface area (Å²) in [5.74, 6) is -1.31. The van der Waals surface area contributed by atoms with Gasteiger partial charge in [0.15, 0.2) is 0 Å². The normalized spacial score (nSPS) is 12.9. The average Bonchev–Trinajstić information content (AvgIpc) is 2.95.